The molecule has 2 aromatic rings. The fraction of sp³-hybridized carbons (Fsp3) is 0.667. The molecule has 3 aliphatic rings. The van der Waals surface area contributed by atoms with Gasteiger partial charge in [0.2, 0.25) is 0 Å². The van der Waals surface area contributed by atoms with Crippen LogP contribution in [0.2, 0.25) is 0 Å². The van der Waals surface area contributed by atoms with Gasteiger partial charge in [-0.15, -0.1) is 15.3 Å². The summed E-state index contributed by atoms with van der Waals surface area (Å²) < 4.78 is 7.61. The van der Waals surface area contributed by atoms with Crippen molar-refractivity contribution in [3.63, 3.8) is 0 Å². The summed E-state index contributed by atoms with van der Waals surface area (Å²) in [6.07, 6.45) is 4.62. The highest BCUT2D eigenvalue weighted by Crippen LogP contribution is 2.38. The highest BCUT2D eigenvalue weighted by molar-refractivity contribution is 5.40. The number of fused-ring (bicyclic) bond motifs is 2. The predicted molar refractivity (Wildman–Crippen MR) is 93.7 cm³/mol. The number of aliphatic hydroxyl groups is 1. The molecule has 0 amide bonds. The fourth-order valence-corrected chi connectivity index (χ4v) is 4.50. The fourth-order valence-electron chi connectivity index (χ4n) is 4.50. The summed E-state index contributed by atoms with van der Waals surface area (Å²) in [7, 11) is 0. The quantitative estimate of drug-likeness (QED) is 0.845. The molecule has 0 aromatic carbocycles. The lowest BCUT2D eigenvalue weighted by Gasteiger charge is -2.18. The van der Waals surface area contributed by atoms with Gasteiger partial charge < -0.3 is 19.7 Å². The van der Waals surface area contributed by atoms with E-state index in [1.165, 1.54) is 12.0 Å². The lowest BCUT2D eigenvalue weighted by atomic mass is 10.0. The van der Waals surface area contributed by atoms with E-state index < -0.39 is 0 Å². The van der Waals surface area contributed by atoms with Crippen molar-refractivity contribution in [2.75, 3.05) is 18.5 Å². The first-order chi connectivity index (χ1) is 12.8. The van der Waals surface area contributed by atoms with E-state index in [1.54, 1.807) is 0 Å². The molecule has 8 heteroatoms. The lowest BCUT2D eigenvalue weighted by Crippen LogP contribution is -2.22. The number of nitrogens with one attached hydrogen (secondary N) is 1. The number of aromatic nitrogens is 5. The van der Waals surface area contributed by atoms with Crippen LogP contribution in [-0.2, 0) is 30.7 Å². The SMILES string of the molecule is O[C@@H]1C[C@@H](c2nnc3n2CCOC3)C[C@@H]1CNc1cc2c(nn1)CCC2. The summed E-state index contributed by atoms with van der Waals surface area (Å²) in [5, 5.41) is 31.2. The minimum absolute atomic E-state index is 0.183. The summed E-state index contributed by atoms with van der Waals surface area (Å²) >= 11 is 0. The molecular formula is C18H24N6O2. The minimum atomic E-state index is -0.331. The Kier molecular flexibility index (Phi) is 4.09. The standard InChI is InChI=1S/C18H24N6O2/c25-15-7-12(18-23-22-17-10-26-5-4-24(17)18)6-13(15)9-19-16-8-11-2-1-3-14(11)20-21-16/h8,12-13,15,25H,1-7,9-10H2,(H,19,21)/t12-,13+,15+/m0/s1. The molecule has 2 aromatic heterocycles. The van der Waals surface area contributed by atoms with Gasteiger partial charge in [-0.3, -0.25) is 0 Å². The van der Waals surface area contributed by atoms with Gasteiger partial charge in [0, 0.05) is 24.9 Å². The summed E-state index contributed by atoms with van der Waals surface area (Å²) in [6, 6.07) is 2.11. The number of anilines is 1. The molecular weight excluding hydrogens is 332 g/mol. The Balaban J connectivity index is 1.24. The molecule has 3 heterocycles. The third-order valence-corrected chi connectivity index (χ3v) is 5.93. The zero-order valence-electron chi connectivity index (χ0n) is 14.8. The normalized spacial score (nSPS) is 27.3. The van der Waals surface area contributed by atoms with E-state index in [9.17, 15) is 5.11 Å². The van der Waals surface area contributed by atoms with Gasteiger partial charge in [0.05, 0.1) is 18.4 Å². The molecule has 2 N–H and O–H groups in total. The van der Waals surface area contributed by atoms with Crippen LogP contribution in [0.1, 0.15) is 48.1 Å². The Bertz CT molecular complexity index is 807. The van der Waals surface area contributed by atoms with Gasteiger partial charge >= 0.3 is 0 Å². The number of aryl methyl sites for hydroxylation is 2. The van der Waals surface area contributed by atoms with Gasteiger partial charge in [0.25, 0.3) is 0 Å². The molecule has 1 aliphatic heterocycles. The van der Waals surface area contributed by atoms with E-state index in [-0.39, 0.29) is 17.9 Å². The predicted octanol–water partition coefficient (Wildman–Crippen LogP) is 1.05. The van der Waals surface area contributed by atoms with E-state index in [2.05, 4.69) is 36.3 Å². The highest BCUT2D eigenvalue weighted by Gasteiger charge is 2.37. The molecule has 0 bridgehead atoms. The minimum Gasteiger partial charge on any atom is -0.393 e. The molecule has 0 spiro atoms. The molecule has 5 rings (SSSR count). The molecule has 1 fully saturated rings. The van der Waals surface area contributed by atoms with Crippen LogP contribution in [0.15, 0.2) is 6.07 Å². The average Bonchev–Trinajstić information content (AvgIpc) is 3.37. The van der Waals surface area contributed by atoms with Crippen LogP contribution in [-0.4, -0.2) is 49.3 Å². The Morgan fingerprint density at radius 1 is 1.19 bits per heavy atom. The number of rotatable bonds is 4. The molecule has 8 nitrogen and oxygen atoms in total. The largest absolute Gasteiger partial charge is 0.393 e. The van der Waals surface area contributed by atoms with Crippen LogP contribution in [0.4, 0.5) is 5.82 Å². The molecule has 1 saturated carbocycles. The van der Waals surface area contributed by atoms with E-state index in [0.29, 0.717) is 19.8 Å². The van der Waals surface area contributed by atoms with Gasteiger partial charge in [-0.05, 0) is 43.7 Å². The molecule has 0 saturated heterocycles. The number of hydrogen-bond acceptors (Lipinski definition) is 7. The number of nitrogens with zero attached hydrogens (tertiary/aromatic N) is 5. The van der Waals surface area contributed by atoms with Crippen molar-refractivity contribution < 1.29 is 9.84 Å². The molecule has 138 valence electrons. The van der Waals surface area contributed by atoms with Crippen molar-refractivity contribution in [1.29, 1.82) is 0 Å². The maximum Gasteiger partial charge on any atom is 0.159 e. The van der Waals surface area contributed by atoms with Gasteiger partial charge in [-0.2, -0.15) is 5.10 Å². The van der Waals surface area contributed by atoms with Gasteiger partial charge in [0.1, 0.15) is 18.2 Å². The van der Waals surface area contributed by atoms with Crippen molar-refractivity contribution in [1.82, 2.24) is 25.0 Å². The third-order valence-electron chi connectivity index (χ3n) is 5.93. The number of hydrogen-bond donors (Lipinski definition) is 2. The molecule has 3 atom stereocenters. The Morgan fingerprint density at radius 3 is 3.12 bits per heavy atom. The molecule has 0 radical (unpaired) electrons. The first kappa shape index (κ1) is 16.1. The first-order valence-electron chi connectivity index (χ1n) is 9.55. The van der Waals surface area contributed by atoms with E-state index in [0.717, 1.165) is 55.4 Å². The average molecular weight is 356 g/mol. The van der Waals surface area contributed by atoms with Crippen LogP contribution in [0, 0.1) is 5.92 Å². The van der Waals surface area contributed by atoms with Crippen LogP contribution in [0.3, 0.4) is 0 Å². The second-order valence-corrected chi connectivity index (χ2v) is 7.61. The van der Waals surface area contributed by atoms with Gasteiger partial charge in [0.15, 0.2) is 5.82 Å². The highest BCUT2D eigenvalue weighted by atomic mass is 16.5. The molecule has 0 unspecified atom stereocenters. The molecule has 2 aliphatic carbocycles. The van der Waals surface area contributed by atoms with Crippen LogP contribution in [0.25, 0.3) is 0 Å². The maximum absolute atomic E-state index is 10.5. The van der Waals surface area contributed by atoms with Crippen molar-refractivity contribution in [3.05, 3.63) is 29.0 Å². The Hall–Kier alpha value is -2.06. The molecule has 26 heavy (non-hydrogen) atoms. The zero-order valence-corrected chi connectivity index (χ0v) is 14.8. The van der Waals surface area contributed by atoms with Crippen LogP contribution in [0.5, 0.6) is 0 Å². The van der Waals surface area contributed by atoms with Crippen LogP contribution < -0.4 is 5.32 Å². The topological polar surface area (TPSA) is 98.0 Å². The third kappa shape index (κ3) is 2.87. The van der Waals surface area contributed by atoms with Crippen molar-refractivity contribution in [2.45, 2.75) is 57.3 Å². The van der Waals surface area contributed by atoms with Crippen LogP contribution >= 0.6 is 0 Å². The van der Waals surface area contributed by atoms with Gasteiger partial charge in [-0.25, -0.2) is 0 Å². The number of aliphatic hydroxyl groups excluding tert-OH is 1. The first-order valence-corrected chi connectivity index (χ1v) is 9.55. The summed E-state index contributed by atoms with van der Waals surface area (Å²) in [6.45, 7) is 2.74. The Morgan fingerprint density at radius 2 is 2.15 bits per heavy atom. The second kappa shape index (κ2) is 6.59. The summed E-state index contributed by atoms with van der Waals surface area (Å²) in [5.74, 6) is 3.15. The monoisotopic (exact) mass is 356 g/mol. The zero-order chi connectivity index (χ0) is 17.5. The van der Waals surface area contributed by atoms with Crippen molar-refractivity contribution >= 4 is 5.82 Å². The van der Waals surface area contributed by atoms with E-state index >= 15 is 0 Å². The lowest BCUT2D eigenvalue weighted by molar-refractivity contribution is 0.0801. The van der Waals surface area contributed by atoms with Crippen molar-refractivity contribution in [2.24, 2.45) is 5.92 Å². The smallest absolute Gasteiger partial charge is 0.159 e. The summed E-state index contributed by atoms with van der Waals surface area (Å²) in [5.41, 5.74) is 2.45. The van der Waals surface area contributed by atoms with Crippen molar-refractivity contribution in [3.8, 4) is 0 Å². The van der Waals surface area contributed by atoms with E-state index in [1.807, 2.05) is 0 Å². The van der Waals surface area contributed by atoms with Gasteiger partial charge in [-0.1, -0.05) is 0 Å². The van der Waals surface area contributed by atoms with E-state index in [4.69, 9.17) is 4.74 Å². The Labute approximate surface area is 152 Å². The summed E-state index contributed by atoms with van der Waals surface area (Å²) in [4.78, 5) is 0. The number of ether oxygens (including phenoxy) is 1. The maximum atomic E-state index is 10.5. The second-order valence-electron chi connectivity index (χ2n) is 7.61.